The molecule has 2 aromatic rings. The Balaban J connectivity index is 1.89. The van der Waals surface area contributed by atoms with Gasteiger partial charge in [0, 0.05) is 23.0 Å². The van der Waals surface area contributed by atoms with Crippen molar-refractivity contribution in [1.82, 2.24) is 15.1 Å². The summed E-state index contributed by atoms with van der Waals surface area (Å²) in [5.41, 5.74) is 0.367. The number of hydrogen-bond acceptors (Lipinski definition) is 4. The highest BCUT2D eigenvalue weighted by atomic mass is 79.9. The molecule has 0 saturated carbocycles. The summed E-state index contributed by atoms with van der Waals surface area (Å²) in [5.74, 6) is 1.13. The molecule has 0 fully saturated rings. The molecule has 0 aliphatic rings. The third-order valence-electron chi connectivity index (χ3n) is 2.45. The molecule has 0 aliphatic heterocycles. The molecule has 1 heterocycles. The van der Waals surface area contributed by atoms with Crippen LogP contribution in [-0.2, 0) is 6.73 Å². The van der Waals surface area contributed by atoms with Gasteiger partial charge in [-0.2, -0.15) is 17.7 Å². The average molecular weight is 356 g/mol. The highest BCUT2D eigenvalue weighted by molar-refractivity contribution is 9.10. The molecule has 1 amide bonds. The number of halogens is 1. The normalized spacial score (nSPS) is 10.3. The van der Waals surface area contributed by atoms with E-state index in [0.717, 1.165) is 10.2 Å². The Hall–Kier alpha value is -1.47. The summed E-state index contributed by atoms with van der Waals surface area (Å²) in [6.07, 6.45) is 1.70. The zero-order valence-electron chi connectivity index (χ0n) is 10.6. The molecule has 2 rings (SSSR count). The van der Waals surface area contributed by atoms with Gasteiger partial charge in [-0.25, -0.2) is 4.68 Å². The maximum Gasteiger partial charge on any atom is 0.271 e. The number of nitrogens with one attached hydrogen (secondary N) is 1. The fraction of sp³-hybridized carbons (Fsp3) is 0.231. The van der Waals surface area contributed by atoms with Crippen molar-refractivity contribution in [2.75, 3.05) is 12.3 Å². The van der Waals surface area contributed by atoms with Crippen LogP contribution in [0, 0.1) is 0 Å². The van der Waals surface area contributed by atoms with E-state index in [9.17, 15) is 4.79 Å². The number of ether oxygens (including phenoxy) is 1. The lowest BCUT2D eigenvalue weighted by atomic mass is 10.3. The summed E-state index contributed by atoms with van der Waals surface area (Å²) in [5, 5.41) is 6.85. The van der Waals surface area contributed by atoms with E-state index in [2.05, 4.69) is 39.0 Å². The van der Waals surface area contributed by atoms with Crippen LogP contribution in [0.5, 0.6) is 5.75 Å². The molecule has 1 aromatic heterocycles. The number of thiol groups is 1. The molecule has 1 N–H and O–H groups in total. The van der Waals surface area contributed by atoms with Gasteiger partial charge >= 0.3 is 0 Å². The lowest BCUT2D eigenvalue weighted by Crippen LogP contribution is -2.25. The van der Waals surface area contributed by atoms with Crippen molar-refractivity contribution in [3.05, 3.63) is 46.7 Å². The first-order valence-corrected chi connectivity index (χ1v) is 7.42. The van der Waals surface area contributed by atoms with Gasteiger partial charge in [0.1, 0.15) is 11.4 Å². The van der Waals surface area contributed by atoms with Gasteiger partial charge in [-0.3, -0.25) is 4.79 Å². The van der Waals surface area contributed by atoms with Crippen LogP contribution >= 0.6 is 28.6 Å². The predicted molar refractivity (Wildman–Crippen MR) is 83.2 cm³/mol. The van der Waals surface area contributed by atoms with Crippen molar-refractivity contribution in [3.63, 3.8) is 0 Å². The largest absolute Gasteiger partial charge is 0.471 e. The molecular formula is C13H14BrN3O2S. The molecular weight excluding hydrogens is 342 g/mol. The molecule has 20 heavy (non-hydrogen) atoms. The second kappa shape index (κ2) is 7.35. The monoisotopic (exact) mass is 355 g/mol. The first kappa shape index (κ1) is 14.9. The SMILES string of the molecule is O=C(NCCS)c1ccn(COc2ccc(Br)cc2)n1. The quantitative estimate of drug-likeness (QED) is 0.782. The Bertz CT molecular complexity index is 571. The fourth-order valence-corrected chi connectivity index (χ4v) is 1.86. The minimum Gasteiger partial charge on any atom is -0.471 e. The van der Waals surface area contributed by atoms with Gasteiger partial charge in [0.05, 0.1) is 0 Å². The van der Waals surface area contributed by atoms with E-state index in [1.807, 2.05) is 24.3 Å². The maximum atomic E-state index is 11.7. The van der Waals surface area contributed by atoms with Gasteiger partial charge in [0.15, 0.2) is 6.73 Å². The second-order valence-corrected chi connectivity index (χ2v) is 5.31. The predicted octanol–water partition coefficient (Wildman–Crippen LogP) is 2.34. The van der Waals surface area contributed by atoms with Gasteiger partial charge in [0.2, 0.25) is 0 Å². The minimum absolute atomic E-state index is 0.207. The molecule has 0 unspecified atom stereocenters. The van der Waals surface area contributed by atoms with Crippen LogP contribution < -0.4 is 10.1 Å². The molecule has 0 radical (unpaired) electrons. The van der Waals surface area contributed by atoms with Crippen LogP contribution in [0.4, 0.5) is 0 Å². The van der Waals surface area contributed by atoms with Gasteiger partial charge in [-0.05, 0) is 30.3 Å². The Morgan fingerprint density at radius 3 is 2.80 bits per heavy atom. The van der Waals surface area contributed by atoms with Crippen molar-refractivity contribution in [1.29, 1.82) is 0 Å². The smallest absolute Gasteiger partial charge is 0.271 e. The Labute approximate surface area is 130 Å². The van der Waals surface area contributed by atoms with Gasteiger partial charge < -0.3 is 10.1 Å². The molecule has 0 aliphatic carbocycles. The van der Waals surface area contributed by atoms with Crippen LogP contribution in [0.3, 0.4) is 0 Å². The maximum absolute atomic E-state index is 11.7. The fourth-order valence-electron chi connectivity index (χ4n) is 1.49. The summed E-state index contributed by atoms with van der Waals surface area (Å²) >= 11 is 7.39. The van der Waals surface area contributed by atoms with Crippen molar-refractivity contribution < 1.29 is 9.53 Å². The summed E-state index contributed by atoms with van der Waals surface area (Å²) in [4.78, 5) is 11.7. The van der Waals surface area contributed by atoms with E-state index < -0.39 is 0 Å². The summed E-state index contributed by atoms with van der Waals surface area (Å²) < 4.78 is 8.12. The zero-order valence-corrected chi connectivity index (χ0v) is 13.1. The number of hydrogen-bond donors (Lipinski definition) is 2. The summed E-state index contributed by atoms with van der Waals surface area (Å²) in [6, 6.07) is 9.16. The number of carbonyl (C=O) groups excluding carboxylic acids is 1. The van der Waals surface area contributed by atoms with Gasteiger partial charge in [0.25, 0.3) is 5.91 Å². The van der Waals surface area contributed by atoms with E-state index in [1.165, 1.54) is 0 Å². The van der Waals surface area contributed by atoms with E-state index in [1.54, 1.807) is 16.9 Å². The van der Waals surface area contributed by atoms with Crippen LogP contribution in [0.2, 0.25) is 0 Å². The molecule has 106 valence electrons. The highest BCUT2D eigenvalue weighted by Gasteiger charge is 2.08. The van der Waals surface area contributed by atoms with Crippen LogP contribution in [0.25, 0.3) is 0 Å². The standard InChI is InChI=1S/C13H14BrN3O2S/c14-10-1-3-11(4-2-10)19-9-17-7-5-12(16-17)13(18)15-6-8-20/h1-5,7,20H,6,8-9H2,(H,15,18). The number of benzene rings is 1. The van der Waals surface area contributed by atoms with E-state index in [-0.39, 0.29) is 12.6 Å². The number of amides is 1. The number of aromatic nitrogens is 2. The highest BCUT2D eigenvalue weighted by Crippen LogP contribution is 2.16. The van der Waals surface area contributed by atoms with Crippen molar-refractivity contribution >= 4 is 34.5 Å². The van der Waals surface area contributed by atoms with E-state index in [4.69, 9.17) is 4.74 Å². The van der Waals surface area contributed by atoms with Crippen LogP contribution in [0.1, 0.15) is 10.5 Å². The van der Waals surface area contributed by atoms with Crippen LogP contribution in [-0.4, -0.2) is 28.0 Å². The minimum atomic E-state index is -0.207. The summed E-state index contributed by atoms with van der Waals surface area (Å²) in [6.45, 7) is 0.770. The Morgan fingerprint density at radius 1 is 1.35 bits per heavy atom. The van der Waals surface area contributed by atoms with Crippen molar-refractivity contribution in [3.8, 4) is 5.75 Å². The number of carbonyl (C=O) groups is 1. The van der Waals surface area contributed by atoms with E-state index >= 15 is 0 Å². The van der Waals surface area contributed by atoms with Crippen molar-refractivity contribution in [2.45, 2.75) is 6.73 Å². The second-order valence-electron chi connectivity index (χ2n) is 3.95. The van der Waals surface area contributed by atoms with E-state index in [0.29, 0.717) is 18.0 Å². The third kappa shape index (κ3) is 4.28. The van der Waals surface area contributed by atoms with Gasteiger partial charge in [-0.15, -0.1) is 0 Å². The Kier molecular flexibility index (Phi) is 5.49. The topological polar surface area (TPSA) is 56.2 Å². The first-order chi connectivity index (χ1) is 9.69. The lowest BCUT2D eigenvalue weighted by Gasteiger charge is -2.06. The molecule has 0 spiro atoms. The summed E-state index contributed by atoms with van der Waals surface area (Å²) in [7, 11) is 0. The number of nitrogens with zero attached hydrogens (tertiary/aromatic N) is 2. The average Bonchev–Trinajstić information content (AvgIpc) is 2.93. The zero-order chi connectivity index (χ0) is 14.4. The molecule has 1 aromatic carbocycles. The lowest BCUT2D eigenvalue weighted by molar-refractivity contribution is 0.0949. The van der Waals surface area contributed by atoms with Crippen LogP contribution in [0.15, 0.2) is 41.0 Å². The molecule has 7 heteroatoms. The van der Waals surface area contributed by atoms with Crippen molar-refractivity contribution in [2.24, 2.45) is 0 Å². The first-order valence-electron chi connectivity index (χ1n) is 6.00. The third-order valence-corrected chi connectivity index (χ3v) is 3.20. The van der Waals surface area contributed by atoms with Gasteiger partial charge in [-0.1, -0.05) is 15.9 Å². The molecule has 0 atom stereocenters. The molecule has 0 bridgehead atoms. The Morgan fingerprint density at radius 2 is 2.10 bits per heavy atom. The number of rotatable bonds is 6. The molecule has 5 nitrogen and oxygen atoms in total. The molecule has 0 saturated heterocycles.